The summed E-state index contributed by atoms with van der Waals surface area (Å²) in [6.45, 7) is 7.59. The van der Waals surface area contributed by atoms with E-state index in [0.29, 0.717) is 23.4 Å². The average Bonchev–Trinajstić information content (AvgIpc) is 3.60. The Bertz CT molecular complexity index is 1260. The molecule has 2 N–H and O–H groups in total. The molecule has 1 aromatic carbocycles. The van der Waals surface area contributed by atoms with Crippen LogP contribution in [0.25, 0.3) is 11.3 Å². The van der Waals surface area contributed by atoms with Crippen LogP contribution in [0.5, 0.6) is 0 Å². The van der Waals surface area contributed by atoms with E-state index in [0.717, 1.165) is 19.3 Å². The number of piperidine rings is 1. The van der Waals surface area contributed by atoms with E-state index in [1.54, 1.807) is 33.8 Å². The Morgan fingerprint density at radius 3 is 2.68 bits per heavy atom. The molecule has 1 saturated heterocycles. The number of amides is 3. The molecule has 2 bridgehead atoms. The summed E-state index contributed by atoms with van der Waals surface area (Å²) in [6, 6.07) is 6.23. The summed E-state index contributed by atoms with van der Waals surface area (Å²) in [5.74, 6) is -0.947. The second kappa shape index (κ2) is 10.9. The highest BCUT2D eigenvalue weighted by Gasteiger charge is 2.52. The van der Waals surface area contributed by atoms with Crippen LogP contribution in [0.15, 0.2) is 34.9 Å². The number of ether oxygens (including phenoxy) is 1. The lowest BCUT2D eigenvalue weighted by Gasteiger charge is -2.35. The van der Waals surface area contributed by atoms with Gasteiger partial charge >= 0.3 is 6.09 Å². The van der Waals surface area contributed by atoms with E-state index < -0.39 is 35.5 Å². The minimum absolute atomic E-state index is 0.000440. The van der Waals surface area contributed by atoms with Crippen molar-refractivity contribution in [1.29, 1.82) is 5.26 Å². The van der Waals surface area contributed by atoms with Crippen molar-refractivity contribution in [2.45, 2.75) is 77.1 Å². The number of halogens is 1. The number of furan rings is 1. The van der Waals surface area contributed by atoms with Crippen LogP contribution in [0.1, 0.15) is 62.9 Å². The Labute approximate surface area is 221 Å². The minimum atomic E-state index is -0.990. The van der Waals surface area contributed by atoms with Gasteiger partial charge in [-0.1, -0.05) is 12.1 Å². The average molecular weight is 525 g/mol. The summed E-state index contributed by atoms with van der Waals surface area (Å²) in [7, 11) is 0. The smallest absolute Gasteiger partial charge is 0.411 e. The van der Waals surface area contributed by atoms with E-state index in [1.807, 2.05) is 6.07 Å². The predicted molar refractivity (Wildman–Crippen MR) is 136 cm³/mol. The van der Waals surface area contributed by atoms with Crippen LogP contribution in [0.4, 0.5) is 9.18 Å². The molecule has 2 fully saturated rings. The molecular weight excluding hydrogens is 491 g/mol. The highest BCUT2D eigenvalue weighted by Crippen LogP contribution is 2.43. The zero-order valence-electron chi connectivity index (χ0n) is 22.0. The molecule has 2 heterocycles. The molecule has 1 aromatic heterocycles. The van der Waals surface area contributed by atoms with Crippen LogP contribution in [-0.2, 0) is 16.0 Å². The molecule has 38 heavy (non-hydrogen) atoms. The Hall–Kier alpha value is -3.87. The molecule has 1 saturated carbocycles. The van der Waals surface area contributed by atoms with Gasteiger partial charge in [-0.2, -0.15) is 5.26 Å². The fraction of sp³-hybridized carbons (Fsp3) is 0.500. The molecule has 1 aliphatic heterocycles. The van der Waals surface area contributed by atoms with Gasteiger partial charge in [0.05, 0.1) is 11.6 Å². The summed E-state index contributed by atoms with van der Waals surface area (Å²) in [5.41, 5.74) is 0.319. The molecule has 0 radical (unpaired) electrons. The molecule has 3 amide bonds. The fourth-order valence-electron chi connectivity index (χ4n) is 5.24. The first-order chi connectivity index (χ1) is 18.0. The topological polar surface area (TPSA) is 125 Å². The number of nitrogens with one attached hydrogen (secondary N) is 2. The van der Waals surface area contributed by atoms with Crippen molar-refractivity contribution < 1.29 is 27.9 Å². The number of likely N-dealkylation sites (tertiary alicyclic amines) is 1. The highest BCUT2D eigenvalue weighted by molar-refractivity contribution is 5.94. The van der Waals surface area contributed by atoms with Gasteiger partial charge in [-0.15, -0.1) is 0 Å². The highest BCUT2D eigenvalue weighted by atomic mass is 19.1. The van der Waals surface area contributed by atoms with Crippen molar-refractivity contribution >= 4 is 17.9 Å². The molecule has 4 unspecified atom stereocenters. The van der Waals surface area contributed by atoms with Crippen molar-refractivity contribution in [2.75, 3.05) is 6.54 Å². The van der Waals surface area contributed by atoms with E-state index in [4.69, 9.17) is 9.15 Å². The van der Waals surface area contributed by atoms with Gasteiger partial charge in [-0.05, 0) is 70.6 Å². The van der Waals surface area contributed by atoms with Crippen molar-refractivity contribution in [3.05, 3.63) is 47.5 Å². The zero-order valence-corrected chi connectivity index (χ0v) is 22.0. The minimum Gasteiger partial charge on any atom is -0.464 e. The summed E-state index contributed by atoms with van der Waals surface area (Å²) >= 11 is 0. The third-order valence-corrected chi connectivity index (χ3v) is 6.89. The number of carbonyl (C=O) groups is 3. The summed E-state index contributed by atoms with van der Waals surface area (Å²) in [6.07, 6.45) is 3.08. The predicted octanol–water partition coefficient (Wildman–Crippen LogP) is 4.17. The summed E-state index contributed by atoms with van der Waals surface area (Å²) in [5, 5.41) is 15.1. The number of carbonyl (C=O) groups excluding carboxylic acids is 3. The maximum Gasteiger partial charge on any atom is 0.411 e. The second-order valence-corrected chi connectivity index (χ2v) is 10.8. The third kappa shape index (κ3) is 5.82. The van der Waals surface area contributed by atoms with E-state index in [9.17, 15) is 24.0 Å². The first kappa shape index (κ1) is 27.2. The Kier molecular flexibility index (Phi) is 7.76. The van der Waals surface area contributed by atoms with Crippen LogP contribution < -0.4 is 10.6 Å². The number of nitriles is 1. The SMILES string of the molecule is CCNC(=O)c1coc(-c2ccc(CC(C#N)NC(=O)C3C4CCC(C4)N3C(=O)OC(C)(C)C)c(F)c2)c1. The lowest BCUT2D eigenvalue weighted by molar-refractivity contribution is -0.128. The number of benzene rings is 1. The van der Waals surface area contributed by atoms with Crippen LogP contribution >= 0.6 is 0 Å². The van der Waals surface area contributed by atoms with Gasteiger partial charge in [0.25, 0.3) is 5.91 Å². The van der Waals surface area contributed by atoms with Crippen molar-refractivity contribution in [3.8, 4) is 17.4 Å². The molecule has 9 nitrogen and oxygen atoms in total. The normalized spacial score (nSPS) is 21.1. The van der Waals surface area contributed by atoms with Gasteiger partial charge in [0, 0.05) is 24.6 Å². The van der Waals surface area contributed by atoms with Crippen molar-refractivity contribution in [3.63, 3.8) is 0 Å². The molecule has 10 heteroatoms. The first-order valence-corrected chi connectivity index (χ1v) is 12.9. The lowest BCUT2D eigenvalue weighted by Crippen LogP contribution is -2.55. The molecular formula is C28H33FN4O5. The third-order valence-electron chi connectivity index (χ3n) is 6.89. The number of rotatable bonds is 7. The lowest BCUT2D eigenvalue weighted by atomic mass is 9.97. The molecule has 202 valence electrons. The van der Waals surface area contributed by atoms with E-state index in [1.165, 1.54) is 29.4 Å². The van der Waals surface area contributed by atoms with Crippen LogP contribution in [-0.4, -0.2) is 53.1 Å². The van der Waals surface area contributed by atoms with E-state index >= 15 is 0 Å². The standard InChI is InChI=1S/C28H33FN4O5/c1-5-31-25(34)19-13-23(37-15-19)17-7-6-16(22(29)12-17)10-20(14-30)32-26(35)24-18-8-9-21(11-18)33(24)27(36)38-28(2,3)4/h6-7,12-13,15,18,20-21,24H,5,8-11H2,1-4H3,(H,31,34)(H,32,35). The molecule has 2 aliphatic rings. The largest absolute Gasteiger partial charge is 0.464 e. The maximum absolute atomic E-state index is 15.0. The van der Waals surface area contributed by atoms with E-state index in [-0.39, 0.29) is 29.9 Å². The van der Waals surface area contributed by atoms with Gasteiger partial charge < -0.3 is 19.8 Å². The number of hydrogen-bond acceptors (Lipinski definition) is 6. The van der Waals surface area contributed by atoms with Gasteiger partial charge in [-0.25, -0.2) is 9.18 Å². The quantitative estimate of drug-likeness (QED) is 0.560. The number of hydrogen-bond donors (Lipinski definition) is 2. The van der Waals surface area contributed by atoms with Gasteiger partial charge in [-0.3, -0.25) is 14.5 Å². The van der Waals surface area contributed by atoms with Gasteiger partial charge in [0.1, 0.15) is 35.5 Å². The van der Waals surface area contributed by atoms with Crippen LogP contribution in [0, 0.1) is 23.1 Å². The van der Waals surface area contributed by atoms with E-state index in [2.05, 4.69) is 10.6 Å². The number of nitrogens with zero attached hydrogens (tertiary/aromatic N) is 2. The Balaban J connectivity index is 1.44. The summed E-state index contributed by atoms with van der Waals surface area (Å²) < 4.78 is 26.0. The first-order valence-electron chi connectivity index (χ1n) is 12.9. The molecule has 1 aliphatic carbocycles. The molecule has 2 aromatic rings. The van der Waals surface area contributed by atoms with Crippen LogP contribution in [0.2, 0.25) is 0 Å². The van der Waals surface area contributed by atoms with Crippen molar-refractivity contribution in [2.24, 2.45) is 5.92 Å². The monoisotopic (exact) mass is 524 g/mol. The second-order valence-electron chi connectivity index (χ2n) is 10.8. The summed E-state index contributed by atoms with van der Waals surface area (Å²) in [4.78, 5) is 39.6. The molecule has 0 spiro atoms. The van der Waals surface area contributed by atoms with Crippen LogP contribution in [0.3, 0.4) is 0 Å². The van der Waals surface area contributed by atoms with Crippen molar-refractivity contribution in [1.82, 2.24) is 15.5 Å². The maximum atomic E-state index is 15.0. The fourth-order valence-corrected chi connectivity index (χ4v) is 5.24. The molecule has 4 rings (SSSR count). The number of fused-ring (bicyclic) bond motifs is 2. The van der Waals surface area contributed by atoms with Gasteiger partial charge in [0.15, 0.2) is 0 Å². The van der Waals surface area contributed by atoms with Gasteiger partial charge in [0.2, 0.25) is 5.91 Å². The Morgan fingerprint density at radius 1 is 1.26 bits per heavy atom. The molecule has 4 atom stereocenters. The zero-order chi connectivity index (χ0) is 27.6. The Morgan fingerprint density at radius 2 is 2.03 bits per heavy atom.